The van der Waals surface area contributed by atoms with Crippen LogP contribution in [0, 0.1) is 0 Å². The van der Waals surface area contributed by atoms with Gasteiger partial charge in [0.05, 0.1) is 20.3 Å². The van der Waals surface area contributed by atoms with Gasteiger partial charge in [-0.15, -0.1) is 0 Å². The Balaban J connectivity index is 1.70. The zero-order chi connectivity index (χ0) is 21.8. The van der Waals surface area contributed by atoms with E-state index in [4.69, 9.17) is 9.47 Å². The van der Waals surface area contributed by atoms with Gasteiger partial charge in [-0.3, -0.25) is 14.7 Å². The molecule has 0 saturated carbocycles. The maximum absolute atomic E-state index is 11.9. The molecule has 1 aromatic rings. The fourth-order valence-electron chi connectivity index (χ4n) is 3.22. The third-order valence-corrected chi connectivity index (χ3v) is 5.01. The van der Waals surface area contributed by atoms with E-state index in [0.29, 0.717) is 25.7 Å². The van der Waals surface area contributed by atoms with E-state index in [2.05, 4.69) is 27.4 Å². The second-order valence-electron chi connectivity index (χ2n) is 7.62. The van der Waals surface area contributed by atoms with E-state index in [0.717, 1.165) is 56.4 Å². The Morgan fingerprint density at radius 3 is 2.67 bits per heavy atom. The van der Waals surface area contributed by atoms with E-state index < -0.39 is 0 Å². The van der Waals surface area contributed by atoms with Crippen molar-refractivity contribution in [1.82, 2.24) is 20.4 Å². The summed E-state index contributed by atoms with van der Waals surface area (Å²) < 4.78 is 11.0. The minimum atomic E-state index is 0.160. The topological polar surface area (TPSA) is 78.4 Å². The summed E-state index contributed by atoms with van der Waals surface area (Å²) in [6.07, 6.45) is 2.84. The Hall–Kier alpha value is -2.48. The quantitative estimate of drug-likeness (QED) is 0.341. The first-order chi connectivity index (χ1) is 14.5. The smallest absolute Gasteiger partial charge is 0.236 e. The van der Waals surface area contributed by atoms with Crippen LogP contribution in [-0.2, 0) is 4.79 Å². The van der Waals surface area contributed by atoms with E-state index in [1.807, 2.05) is 24.3 Å². The fourth-order valence-corrected chi connectivity index (χ4v) is 3.22. The maximum Gasteiger partial charge on any atom is 0.236 e. The number of carbonyl (C=O) groups is 1. The molecule has 1 saturated heterocycles. The van der Waals surface area contributed by atoms with Crippen LogP contribution in [0.15, 0.2) is 29.3 Å². The van der Waals surface area contributed by atoms with Crippen molar-refractivity contribution < 1.29 is 14.3 Å². The first kappa shape index (κ1) is 23.8. The molecule has 2 rings (SSSR count). The number of benzene rings is 1. The summed E-state index contributed by atoms with van der Waals surface area (Å²) in [4.78, 5) is 20.4. The molecule has 1 aliphatic heterocycles. The fraction of sp³-hybridized carbons (Fsp3) is 0.636. The molecule has 1 aliphatic rings. The Morgan fingerprint density at radius 2 is 2.00 bits per heavy atom. The van der Waals surface area contributed by atoms with Gasteiger partial charge in [0, 0.05) is 58.8 Å². The molecular weight excluding hydrogens is 382 g/mol. The number of hydrogen-bond acceptors (Lipinski definition) is 5. The van der Waals surface area contributed by atoms with Crippen LogP contribution in [0.4, 0.5) is 0 Å². The lowest BCUT2D eigenvalue weighted by atomic mass is 10.1. The van der Waals surface area contributed by atoms with Crippen LogP contribution in [0.5, 0.6) is 11.5 Å². The highest BCUT2D eigenvalue weighted by atomic mass is 16.5. The van der Waals surface area contributed by atoms with Crippen molar-refractivity contribution in [2.75, 3.05) is 60.5 Å². The first-order valence-electron chi connectivity index (χ1n) is 10.8. The molecule has 1 amide bonds. The third kappa shape index (κ3) is 8.49. The van der Waals surface area contributed by atoms with Gasteiger partial charge in [-0.25, -0.2) is 0 Å². The average molecular weight is 420 g/mol. The van der Waals surface area contributed by atoms with Gasteiger partial charge in [0.1, 0.15) is 11.5 Å². The Morgan fingerprint density at radius 1 is 1.27 bits per heavy atom. The number of amides is 1. The van der Waals surface area contributed by atoms with Crippen LogP contribution in [0.3, 0.4) is 0 Å². The molecule has 0 spiro atoms. The van der Waals surface area contributed by atoms with E-state index in [9.17, 15) is 4.79 Å². The zero-order valence-electron chi connectivity index (χ0n) is 18.8. The summed E-state index contributed by atoms with van der Waals surface area (Å²) in [6.45, 7) is 6.53. The number of likely N-dealkylation sites (tertiary alicyclic amines) is 1. The van der Waals surface area contributed by atoms with Crippen LogP contribution in [0.25, 0.3) is 0 Å². The minimum Gasteiger partial charge on any atom is -0.497 e. The Kier molecular flexibility index (Phi) is 10.3. The summed E-state index contributed by atoms with van der Waals surface area (Å²) in [6, 6.07) is 8.00. The number of aliphatic imine (C=N–C) groups is 1. The molecule has 1 fully saturated rings. The lowest BCUT2D eigenvalue weighted by molar-refractivity contribution is -0.130. The molecule has 1 heterocycles. The van der Waals surface area contributed by atoms with E-state index >= 15 is 0 Å². The van der Waals surface area contributed by atoms with Crippen LogP contribution in [0.2, 0.25) is 0 Å². The van der Waals surface area contributed by atoms with Gasteiger partial charge < -0.3 is 25.0 Å². The molecule has 168 valence electrons. The number of rotatable bonds is 10. The van der Waals surface area contributed by atoms with Crippen LogP contribution in [-0.4, -0.2) is 88.2 Å². The molecule has 2 N–H and O–H groups in total. The van der Waals surface area contributed by atoms with Crippen LogP contribution >= 0.6 is 0 Å². The predicted octanol–water partition coefficient (Wildman–Crippen LogP) is 1.57. The number of hydrogen-bond donors (Lipinski definition) is 2. The number of methoxy groups -OCH3 is 1. The van der Waals surface area contributed by atoms with Crippen molar-refractivity contribution in [3.63, 3.8) is 0 Å². The van der Waals surface area contributed by atoms with Gasteiger partial charge in [-0.2, -0.15) is 0 Å². The zero-order valence-corrected chi connectivity index (χ0v) is 18.8. The number of carbonyl (C=O) groups excluding carboxylic acids is 1. The van der Waals surface area contributed by atoms with Crippen LogP contribution in [0.1, 0.15) is 26.2 Å². The van der Waals surface area contributed by atoms with Crippen molar-refractivity contribution in [3.8, 4) is 11.5 Å². The van der Waals surface area contributed by atoms with Gasteiger partial charge in [-0.05, 0) is 31.9 Å². The minimum absolute atomic E-state index is 0.160. The van der Waals surface area contributed by atoms with Gasteiger partial charge in [0.2, 0.25) is 5.91 Å². The molecule has 8 heteroatoms. The van der Waals surface area contributed by atoms with Gasteiger partial charge in [0.15, 0.2) is 5.96 Å². The molecule has 8 nitrogen and oxygen atoms in total. The van der Waals surface area contributed by atoms with Crippen molar-refractivity contribution in [3.05, 3.63) is 24.3 Å². The summed E-state index contributed by atoms with van der Waals surface area (Å²) in [5.41, 5.74) is 0. The van der Waals surface area contributed by atoms with Crippen molar-refractivity contribution in [2.24, 2.45) is 4.99 Å². The molecular formula is C22H37N5O3. The van der Waals surface area contributed by atoms with E-state index in [1.165, 1.54) is 0 Å². The lowest BCUT2D eigenvalue weighted by Gasteiger charge is -2.33. The third-order valence-electron chi connectivity index (χ3n) is 5.01. The lowest BCUT2D eigenvalue weighted by Crippen LogP contribution is -2.50. The highest BCUT2D eigenvalue weighted by molar-refractivity contribution is 5.80. The Labute approximate surface area is 180 Å². The standard InChI is InChI=1S/C22H37N5O3/c1-5-23-22(24-12-7-15-30-20-9-6-8-19(16-20)29-4)25-18-10-13-27(14-11-18)17-21(28)26(2)3/h6,8-9,16,18H,5,7,10-15,17H2,1-4H3,(H2,23,24,25). The monoisotopic (exact) mass is 419 g/mol. The normalized spacial score (nSPS) is 15.5. The van der Waals surface area contributed by atoms with Gasteiger partial charge in [-0.1, -0.05) is 6.07 Å². The van der Waals surface area contributed by atoms with Crippen molar-refractivity contribution >= 4 is 11.9 Å². The SMILES string of the molecule is CCNC(=NCCCOc1cccc(OC)c1)NC1CCN(CC(=O)N(C)C)CC1. The second kappa shape index (κ2) is 13.0. The highest BCUT2D eigenvalue weighted by Crippen LogP contribution is 2.18. The number of piperidine rings is 1. The van der Waals surface area contributed by atoms with E-state index in [-0.39, 0.29) is 5.91 Å². The summed E-state index contributed by atoms with van der Waals surface area (Å²) >= 11 is 0. The molecule has 0 aromatic heterocycles. The largest absolute Gasteiger partial charge is 0.497 e. The molecule has 30 heavy (non-hydrogen) atoms. The second-order valence-corrected chi connectivity index (χ2v) is 7.62. The maximum atomic E-state index is 11.9. The van der Waals surface area contributed by atoms with Crippen molar-refractivity contribution in [2.45, 2.75) is 32.2 Å². The van der Waals surface area contributed by atoms with Gasteiger partial charge in [0.25, 0.3) is 0 Å². The molecule has 0 aliphatic carbocycles. The predicted molar refractivity (Wildman–Crippen MR) is 120 cm³/mol. The molecule has 0 bridgehead atoms. The number of likely N-dealkylation sites (N-methyl/N-ethyl adjacent to an activating group) is 1. The number of nitrogens with one attached hydrogen (secondary N) is 2. The van der Waals surface area contributed by atoms with Crippen molar-refractivity contribution in [1.29, 1.82) is 0 Å². The average Bonchev–Trinajstić information content (AvgIpc) is 2.75. The molecule has 0 radical (unpaired) electrons. The van der Waals surface area contributed by atoms with Crippen LogP contribution < -0.4 is 20.1 Å². The summed E-state index contributed by atoms with van der Waals surface area (Å²) in [7, 11) is 5.26. The highest BCUT2D eigenvalue weighted by Gasteiger charge is 2.21. The Bertz CT molecular complexity index is 672. The van der Waals surface area contributed by atoms with E-state index in [1.54, 1.807) is 26.1 Å². The van der Waals surface area contributed by atoms with Gasteiger partial charge >= 0.3 is 0 Å². The molecule has 0 atom stereocenters. The number of guanidine groups is 1. The number of nitrogens with zero attached hydrogens (tertiary/aromatic N) is 3. The summed E-state index contributed by atoms with van der Waals surface area (Å²) in [5.74, 6) is 2.61. The molecule has 0 unspecified atom stereocenters. The first-order valence-corrected chi connectivity index (χ1v) is 10.8. The molecule has 1 aromatic carbocycles. The summed E-state index contributed by atoms with van der Waals surface area (Å²) in [5, 5.41) is 6.86. The number of ether oxygens (including phenoxy) is 2.